The topological polar surface area (TPSA) is 46.1 Å². The largest absolute Gasteiger partial charge is 0.341 e. The fourth-order valence-electron chi connectivity index (χ4n) is 1.65. The van der Waals surface area contributed by atoms with Crippen molar-refractivity contribution in [2.45, 2.75) is 6.42 Å². The summed E-state index contributed by atoms with van der Waals surface area (Å²) < 4.78 is 0. The molecule has 0 bridgehead atoms. The van der Waals surface area contributed by atoms with Crippen molar-refractivity contribution in [1.82, 2.24) is 14.9 Å². The van der Waals surface area contributed by atoms with Crippen molar-refractivity contribution in [3.8, 4) is 0 Å². The second-order valence-corrected chi connectivity index (χ2v) is 4.55. The summed E-state index contributed by atoms with van der Waals surface area (Å²) in [4.78, 5) is 21.9. The Morgan fingerprint density at radius 3 is 2.74 bits per heavy atom. The van der Waals surface area contributed by atoms with Crippen molar-refractivity contribution in [2.24, 2.45) is 0 Å². The molecule has 0 unspecified atom stereocenters. The molecule has 4 nitrogen and oxygen atoms in total. The van der Waals surface area contributed by atoms with Gasteiger partial charge in [0.25, 0.3) is 5.91 Å². The molecule has 2 rings (SSSR count). The number of hydrogen-bond acceptors (Lipinski definition) is 3. The summed E-state index contributed by atoms with van der Waals surface area (Å²) in [6.07, 6.45) is 3.96. The van der Waals surface area contributed by atoms with Crippen molar-refractivity contribution in [3.05, 3.63) is 59.1 Å². The lowest BCUT2D eigenvalue weighted by molar-refractivity contribution is 0.0796. The minimum absolute atomic E-state index is 0.0694. The van der Waals surface area contributed by atoms with Gasteiger partial charge in [-0.1, -0.05) is 17.7 Å². The van der Waals surface area contributed by atoms with Crippen molar-refractivity contribution >= 4 is 17.5 Å². The summed E-state index contributed by atoms with van der Waals surface area (Å²) in [6, 6.07) is 9.05. The van der Waals surface area contributed by atoms with Crippen molar-refractivity contribution in [3.63, 3.8) is 0 Å². The standard InChI is InChI=1S/C14H14ClN3O/c1-18(9-7-12-4-2-3-8-16-12)14(19)11-5-6-13(15)17-10-11/h2-6,8,10H,7,9H2,1H3. The molecule has 0 aliphatic heterocycles. The maximum Gasteiger partial charge on any atom is 0.255 e. The second kappa shape index (κ2) is 6.29. The molecule has 0 atom stereocenters. The number of pyridine rings is 2. The quantitative estimate of drug-likeness (QED) is 0.805. The fourth-order valence-corrected chi connectivity index (χ4v) is 1.76. The fraction of sp³-hybridized carbons (Fsp3) is 0.214. The van der Waals surface area contributed by atoms with Crippen LogP contribution in [-0.2, 0) is 6.42 Å². The Kier molecular flexibility index (Phi) is 4.47. The molecule has 5 heteroatoms. The van der Waals surface area contributed by atoms with E-state index in [4.69, 9.17) is 11.6 Å². The molecular weight excluding hydrogens is 262 g/mol. The van der Waals surface area contributed by atoms with Crippen LogP contribution < -0.4 is 0 Å². The molecule has 0 saturated carbocycles. The molecule has 19 heavy (non-hydrogen) atoms. The Morgan fingerprint density at radius 1 is 1.26 bits per heavy atom. The molecule has 0 aliphatic carbocycles. The summed E-state index contributed by atoms with van der Waals surface area (Å²) in [5, 5.41) is 0.382. The van der Waals surface area contributed by atoms with E-state index in [1.165, 1.54) is 6.20 Å². The average Bonchev–Trinajstić information content (AvgIpc) is 2.46. The number of carbonyl (C=O) groups is 1. The second-order valence-electron chi connectivity index (χ2n) is 4.17. The first-order chi connectivity index (χ1) is 9.16. The van der Waals surface area contributed by atoms with Gasteiger partial charge < -0.3 is 4.90 Å². The lowest BCUT2D eigenvalue weighted by Gasteiger charge is -2.16. The number of hydrogen-bond donors (Lipinski definition) is 0. The van der Waals surface area contributed by atoms with Crippen LogP contribution in [0.1, 0.15) is 16.1 Å². The maximum atomic E-state index is 12.1. The number of rotatable bonds is 4. The van der Waals surface area contributed by atoms with Gasteiger partial charge in [0, 0.05) is 38.1 Å². The highest BCUT2D eigenvalue weighted by molar-refractivity contribution is 6.29. The van der Waals surface area contributed by atoms with Gasteiger partial charge in [-0.3, -0.25) is 9.78 Å². The molecule has 0 fully saturated rings. The highest BCUT2D eigenvalue weighted by Gasteiger charge is 2.11. The molecule has 0 N–H and O–H groups in total. The van der Waals surface area contributed by atoms with Crippen LogP contribution >= 0.6 is 11.6 Å². The van der Waals surface area contributed by atoms with Gasteiger partial charge in [-0.25, -0.2) is 4.98 Å². The Bertz CT molecular complexity index is 542. The summed E-state index contributed by atoms with van der Waals surface area (Å²) in [7, 11) is 1.76. The van der Waals surface area contributed by atoms with Gasteiger partial charge in [-0.05, 0) is 24.3 Å². The summed E-state index contributed by atoms with van der Waals surface area (Å²) >= 11 is 5.69. The number of amides is 1. The smallest absolute Gasteiger partial charge is 0.255 e. The molecule has 98 valence electrons. The van der Waals surface area contributed by atoms with Gasteiger partial charge in [-0.2, -0.15) is 0 Å². The van der Waals surface area contributed by atoms with Crippen LogP contribution in [0.25, 0.3) is 0 Å². The first-order valence-corrected chi connectivity index (χ1v) is 6.31. The maximum absolute atomic E-state index is 12.1. The number of halogens is 1. The van der Waals surface area contributed by atoms with E-state index in [0.29, 0.717) is 17.3 Å². The van der Waals surface area contributed by atoms with Crippen molar-refractivity contribution in [1.29, 1.82) is 0 Å². The van der Waals surface area contributed by atoms with Gasteiger partial charge in [0.1, 0.15) is 5.15 Å². The third-order valence-corrected chi connectivity index (χ3v) is 2.97. The van der Waals surface area contributed by atoms with Gasteiger partial charge in [0.15, 0.2) is 0 Å². The molecule has 0 spiro atoms. The zero-order valence-electron chi connectivity index (χ0n) is 10.6. The molecule has 1 amide bonds. The Morgan fingerprint density at radius 2 is 2.11 bits per heavy atom. The van der Waals surface area contributed by atoms with Crippen LogP contribution in [0.5, 0.6) is 0 Å². The van der Waals surface area contributed by atoms with Crippen LogP contribution in [0, 0.1) is 0 Å². The minimum Gasteiger partial charge on any atom is -0.341 e. The third-order valence-electron chi connectivity index (χ3n) is 2.75. The molecule has 2 heterocycles. The van der Waals surface area contributed by atoms with Crippen LogP contribution in [0.4, 0.5) is 0 Å². The molecule has 0 aliphatic rings. The summed E-state index contributed by atoms with van der Waals surface area (Å²) in [6.45, 7) is 0.610. The monoisotopic (exact) mass is 275 g/mol. The van der Waals surface area contributed by atoms with E-state index in [0.717, 1.165) is 12.1 Å². The van der Waals surface area contributed by atoms with E-state index < -0.39 is 0 Å². The van der Waals surface area contributed by atoms with Gasteiger partial charge in [0.05, 0.1) is 5.56 Å². The zero-order valence-corrected chi connectivity index (χ0v) is 11.3. The van der Waals surface area contributed by atoms with E-state index in [9.17, 15) is 4.79 Å². The highest BCUT2D eigenvalue weighted by Crippen LogP contribution is 2.08. The van der Waals surface area contributed by atoms with E-state index in [1.54, 1.807) is 30.3 Å². The molecule has 2 aromatic heterocycles. The van der Waals surface area contributed by atoms with Crippen LogP contribution in [0.3, 0.4) is 0 Å². The normalized spacial score (nSPS) is 10.2. The number of likely N-dealkylation sites (N-methyl/N-ethyl adjacent to an activating group) is 1. The van der Waals surface area contributed by atoms with E-state index in [-0.39, 0.29) is 5.91 Å². The van der Waals surface area contributed by atoms with Crippen LogP contribution in [-0.4, -0.2) is 34.4 Å². The average molecular weight is 276 g/mol. The SMILES string of the molecule is CN(CCc1ccccn1)C(=O)c1ccc(Cl)nc1. The molecule has 0 saturated heterocycles. The molecular formula is C14H14ClN3O. The van der Waals surface area contributed by atoms with Gasteiger partial charge in [-0.15, -0.1) is 0 Å². The minimum atomic E-state index is -0.0694. The van der Waals surface area contributed by atoms with Crippen molar-refractivity contribution < 1.29 is 4.79 Å². The Hall–Kier alpha value is -1.94. The molecule has 0 aromatic carbocycles. The first-order valence-electron chi connectivity index (χ1n) is 5.94. The van der Waals surface area contributed by atoms with Gasteiger partial charge in [0.2, 0.25) is 0 Å². The highest BCUT2D eigenvalue weighted by atomic mass is 35.5. The summed E-state index contributed by atoms with van der Waals surface area (Å²) in [5.74, 6) is -0.0694. The van der Waals surface area contributed by atoms with Gasteiger partial charge >= 0.3 is 0 Å². The molecule has 0 radical (unpaired) electrons. The van der Waals surface area contributed by atoms with Crippen LogP contribution in [0.15, 0.2) is 42.7 Å². The number of carbonyl (C=O) groups excluding carboxylic acids is 1. The summed E-state index contributed by atoms with van der Waals surface area (Å²) in [5.41, 5.74) is 1.50. The number of aromatic nitrogens is 2. The van der Waals surface area contributed by atoms with E-state index in [1.807, 2.05) is 18.2 Å². The lowest BCUT2D eigenvalue weighted by atomic mass is 10.2. The van der Waals surface area contributed by atoms with E-state index in [2.05, 4.69) is 9.97 Å². The zero-order chi connectivity index (χ0) is 13.7. The third kappa shape index (κ3) is 3.76. The predicted molar refractivity (Wildman–Crippen MR) is 74.1 cm³/mol. The molecule has 2 aromatic rings. The first kappa shape index (κ1) is 13.5. The lowest BCUT2D eigenvalue weighted by Crippen LogP contribution is -2.29. The van der Waals surface area contributed by atoms with Crippen LogP contribution in [0.2, 0.25) is 5.15 Å². The van der Waals surface area contributed by atoms with Crippen molar-refractivity contribution in [2.75, 3.05) is 13.6 Å². The Labute approximate surface area is 117 Å². The van der Waals surface area contributed by atoms with E-state index >= 15 is 0 Å². The number of nitrogens with zero attached hydrogens (tertiary/aromatic N) is 3. The Balaban J connectivity index is 1.94. The predicted octanol–water partition coefficient (Wildman–Crippen LogP) is 2.44.